The molecule has 0 aliphatic carbocycles. The molecule has 0 amide bonds. The van der Waals surface area contributed by atoms with Gasteiger partial charge >= 0.3 is 0 Å². The zero-order valence-corrected chi connectivity index (χ0v) is 12.3. The van der Waals surface area contributed by atoms with E-state index in [0.29, 0.717) is 5.56 Å². The number of hydrogen-bond acceptors (Lipinski definition) is 3. The molecule has 0 atom stereocenters. The number of ether oxygens (including phenoxy) is 1. The average Bonchev–Trinajstić information content (AvgIpc) is 2.38. The van der Waals surface area contributed by atoms with Crippen molar-refractivity contribution < 1.29 is 14.3 Å². The lowest BCUT2D eigenvalue weighted by Crippen LogP contribution is -2.04. The van der Waals surface area contributed by atoms with E-state index in [4.69, 9.17) is 4.74 Å². The molecule has 0 spiro atoms. The number of Topliss-reactive ketones (excluding diaryl/α,β-unsaturated/α-hetero) is 2. The number of carbonyl (C=O) groups excluding carboxylic acids is 2. The maximum absolute atomic E-state index is 11.8. The topological polar surface area (TPSA) is 43.4 Å². The van der Waals surface area contributed by atoms with Gasteiger partial charge in [-0.25, -0.2) is 0 Å². The quantitative estimate of drug-likeness (QED) is 0.636. The van der Waals surface area contributed by atoms with Crippen LogP contribution in [0.1, 0.15) is 23.7 Å². The Hall–Kier alpha value is -1.68. The van der Waals surface area contributed by atoms with Crippen molar-refractivity contribution in [3.05, 3.63) is 40.4 Å². The van der Waals surface area contributed by atoms with Crippen LogP contribution in [0.15, 0.2) is 34.8 Å². The van der Waals surface area contributed by atoms with E-state index in [9.17, 15) is 9.59 Å². The van der Waals surface area contributed by atoms with Gasteiger partial charge < -0.3 is 4.74 Å². The molecular weight excluding hydrogens is 308 g/mol. The summed E-state index contributed by atoms with van der Waals surface area (Å²) in [6.45, 7) is 1.42. The Morgan fingerprint density at radius 3 is 2.58 bits per heavy atom. The minimum absolute atomic E-state index is 0.0527. The highest BCUT2D eigenvalue weighted by molar-refractivity contribution is 9.10. The maximum Gasteiger partial charge on any atom is 0.170 e. The van der Waals surface area contributed by atoms with Crippen molar-refractivity contribution in [3.63, 3.8) is 0 Å². The Morgan fingerprint density at radius 2 is 1.95 bits per heavy atom. The van der Waals surface area contributed by atoms with Crippen LogP contribution in [0.3, 0.4) is 0 Å². The zero-order valence-electron chi connectivity index (χ0n) is 10.7. The largest absolute Gasteiger partial charge is 0.496 e. The van der Waals surface area contributed by atoms with Gasteiger partial charge in [0.2, 0.25) is 0 Å². The fourth-order valence-electron chi connectivity index (χ4n) is 1.93. The van der Waals surface area contributed by atoms with E-state index in [0.717, 1.165) is 21.0 Å². The van der Waals surface area contributed by atoms with Crippen molar-refractivity contribution in [1.82, 2.24) is 0 Å². The molecule has 0 fully saturated rings. The summed E-state index contributed by atoms with van der Waals surface area (Å²) in [6, 6.07) is 9.12. The lowest BCUT2D eigenvalue weighted by molar-refractivity contribution is -0.116. The summed E-state index contributed by atoms with van der Waals surface area (Å²) in [6.07, 6.45) is -0.0527. The van der Waals surface area contributed by atoms with Crippen molar-refractivity contribution in [2.24, 2.45) is 0 Å². The van der Waals surface area contributed by atoms with E-state index in [1.807, 2.05) is 18.2 Å². The van der Waals surface area contributed by atoms with Crippen LogP contribution >= 0.6 is 15.9 Å². The summed E-state index contributed by atoms with van der Waals surface area (Å²) in [5.41, 5.74) is 0.555. The number of methoxy groups -OCH3 is 1. The van der Waals surface area contributed by atoms with Crippen molar-refractivity contribution in [2.75, 3.05) is 7.11 Å². The summed E-state index contributed by atoms with van der Waals surface area (Å²) < 4.78 is 6.08. The first-order valence-corrected chi connectivity index (χ1v) is 6.61. The predicted octanol–water partition coefficient (Wildman–Crippen LogP) is 3.77. The minimum atomic E-state index is -0.152. The second kappa shape index (κ2) is 5.53. The lowest BCUT2D eigenvalue weighted by Gasteiger charge is -2.08. The highest BCUT2D eigenvalue weighted by Crippen LogP contribution is 2.33. The molecule has 0 saturated carbocycles. The summed E-state index contributed by atoms with van der Waals surface area (Å²) in [7, 11) is 1.61. The molecule has 0 radical (unpaired) electrons. The van der Waals surface area contributed by atoms with Crippen LogP contribution in [0.2, 0.25) is 0 Å². The first kappa shape index (κ1) is 13.7. The fraction of sp³-hybridized carbons (Fsp3) is 0.200. The molecule has 0 unspecified atom stereocenters. The van der Waals surface area contributed by atoms with E-state index >= 15 is 0 Å². The van der Waals surface area contributed by atoms with Gasteiger partial charge in [0.05, 0.1) is 18.0 Å². The molecule has 0 heterocycles. The Balaban J connectivity index is 2.47. The highest BCUT2D eigenvalue weighted by Gasteiger charge is 2.11. The van der Waals surface area contributed by atoms with Gasteiger partial charge in [0.1, 0.15) is 11.5 Å². The second-order valence-corrected chi connectivity index (χ2v) is 5.11. The number of hydrogen-bond donors (Lipinski definition) is 0. The first-order valence-electron chi connectivity index (χ1n) is 5.82. The first-order chi connectivity index (χ1) is 9.02. The molecular formula is C15H13BrO3. The normalized spacial score (nSPS) is 10.5. The van der Waals surface area contributed by atoms with Gasteiger partial charge in [-0.2, -0.15) is 0 Å². The van der Waals surface area contributed by atoms with E-state index in [1.165, 1.54) is 6.92 Å². The molecule has 0 bridgehead atoms. The van der Waals surface area contributed by atoms with Crippen molar-refractivity contribution in [1.29, 1.82) is 0 Å². The van der Waals surface area contributed by atoms with Crippen LogP contribution in [-0.2, 0) is 4.79 Å². The van der Waals surface area contributed by atoms with Crippen LogP contribution < -0.4 is 4.74 Å². The van der Waals surface area contributed by atoms with Gasteiger partial charge in [0.15, 0.2) is 5.78 Å². The van der Waals surface area contributed by atoms with E-state index in [1.54, 1.807) is 19.2 Å². The van der Waals surface area contributed by atoms with Crippen LogP contribution in [0.5, 0.6) is 5.75 Å². The Kier molecular flexibility index (Phi) is 4.00. The smallest absolute Gasteiger partial charge is 0.170 e. The maximum atomic E-state index is 11.8. The molecule has 2 rings (SSSR count). The van der Waals surface area contributed by atoms with Crippen LogP contribution in [0.25, 0.3) is 10.8 Å². The molecule has 3 nitrogen and oxygen atoms in total. The van der Waals surface area contributed by atoms with Gasteiger partial charge in [-0.3, -0.25) is 9.59 Å². The monoisotopic (exact) mass is 320 g/mol. The summed E-state index contributed by atoms with van der Waals surface area (Å²) in [5, 5.41) is 1.90. The predicted molar refractivity (Wildman–Crippen MR) is 77.8 cm³/mol. The number of ketones is 2. The second-order valence-electron chi connectivity index (χ2n) is 4.32. The Bertz CT molecular complexity index is 662. The molecule has 0 aliphatic heterocycles. The van der Waals surface area contributed by atoms with Gasteiger partial charge in [-0.05, 0) is 45.8 Å². The van der Waals surface area contributed by atoms with E-state index in [-0.39, 0.29) is 18.0 Å². The third kappa shape index (κ3) is 2.84. The fourth-order valence-corrected chi connectivity index (χ4v) is 2.59. The molecule has 0 N–H and O–H groups in total. The Labute approximate surface area is 119 Å². The van der Waals surface area contributed by atoms with Crippen LogP contribution in [0.4, 0.5) is 0 Å². The molecule has 0 aromatic heterocycles. The summed E-state index contributed by atoms with van der Waals surface area (Å²) in [5.74, 6) is 0.470. The molecule has 2 aromatic carbocycles. The molecule has 19 heavy (non-hydrogen) atoms. The number of carbonyl (C=O) groups is 2. The third-order valence-corrected chi connectivity index (χ3v) is 3.69. The van der Waals surface area contributed by atoms with E-state index < -0.39 is 0 Å². The van der Waals surface area contributed by atoms with Crippen LogP contribution in [0, 0.1) is 0 Å². The van der Waals surface area contributed by atoms with Crippen LogP contribution in [-0.4, -0.2) is 18.7 Å². The number of halogens is 1. The van der Waals surface area contributed by atoms with Gasteiger partial charge in [0, 0.05) is 5.56 Å². The van der Waals surface area contributed by atoms with Crippen molar-refractivity contribution >= 4 is 38.3 Å². The van der Waals surface area contributed by atoms with Crippen molar-refractivity contribution in [3.8, 4) is 5.75 Å². The number of rotatable bonds is 4. The van der Waals surface area contributed by atoms with Crippen molar-refractivity contribution in [2.45, 2.75) is 13.3 Å². The SMILES string of the molecule is COc1ccc2cc(C(=O)CC(C)=O)ccc2c1Br. The summed E-state index contributed by atoms with van der Waals surface area (Å²) >= 11 is 3.48. The molecule has 2 aromatic rings. The molecule has 4 heteroatoms. The lowest BCUT2D eigenvalue weighted by atomic mass is 10.0. The number of fused-ring (bicyclic) bond motifs is 1. The molecule has 0 aliphatic rings. The van der Waals surface area contributed by atoms with Gasteiger partial charge in [-0.1, -0.05) is 18.2 Å². The number of benzene rings is 2. The molecule has 0 saturated heterocycles. The zero-order chi connectivity index (χ0) is 14.0. The van der Waals surface area contributed by atoms with Gasteiger partial charge in [-0.15, -0.1) is 0 Å². The Morgan fingerprint density at radius 1 is 1.21 bits per heavy atom. The summed E-state index contributed by atoms with van der Waals surface area (Å²) in [4.78, 5) is 22.8. The highest BCUT2D eigenvalue weighted by atomic mass is 79.9. The van der Waals surface area contributed by atoms with Gasteiger partial charge in [0.25, 0.3) is 0 Å². The standard InChI is InChI=1S/C15H13BrO3/c1-9(17)7-13(18)11-3-5-12-10(8-11)4-6-14(19-2)15(12)16/h3-6,8H,7H2,1-2H3. The van der Waals surface area contributed by atoms with E-state index in [2.05, 4.69) is 15.9 Å². The average molecular weight is 321 g/mol. The minimum Gasteiger partial charge on any atom is -0.496 e. The molecule has 98 valence electrons. The third-order valence-electron chi connectivity index (χ3n) is 2.87.